The molecule has 172 valence electrons. The summed E-state index contributed by atoms with van der Waals surface area (Å²) in [6.45, 7) is 3.11. The molecule has 1 amide bonds. The lowest BCUT2D eigenvalue weighted by Crippen LogP contribution is -2.43. The van der Waals surface area contributed by atoms with Crippen LogP contribution in [0.1, 0.15) is 43.0 Å². The number of anilines is 1. The Morgan fingerprint density at radius 2 is 1.97 bits per heavy atom. The summed E-state index contributed by atoms with van der Waals surface area (Å²) >= 11 is 0. The minimum absolute atomic E-state index is 0.0722. The van der Waals surface area contributed by atoms with Gasteiger partial charge < -0.3 is 20.5 Å². The van der Waals surface area contributed by atoms with E-state index >= 15 is 0 Å². The van der Waals surface area contributed by atoms with Crippen LogP contribution in [0.4, 0.5) is 5.69 Å². The molecule has 4 N–H and O–H groups in total. The van der Waals surface area contributed by atoms with E-state index in [0.717, 1.165) is 25.3 Å². The van der Waals surface area contributed by atoms with E-state index < -0.39 is 32.8 Å². The van der Waals surface area contributed by atoms with Crippen molar-refractivity contribution in [2.24, 2.45) is 0 Å². The Hall–Kier alpha value is -3.11. The third-order valence-corrected chi connectivity index (χ3v) is 6.36. The van der Waals surface area contributed by atoms with E-state index in [1.54, 1.807) is 30.3 Å². The molecule has 0 unspecified atom stereocenters. The molecule has 1 saturated heterocycles. The molecule has 0 spiro atoms. The molecule has 10 heteroatoms. The normalized spacial score (nSPS) is 15.8. The number of ether oxygens (including phenoxy) is 1. The number of unbranched alkanes of at least 4 members (excludes halogenated alkanes) is 1. The molecule has 1 fully saturated rings. The summed E-state index contributed by atoms with van der Waals surface area (Å²) in [5.74, 6) is -1.68. The van der Waals surface area contributed by atoms with Gasteiger partial charge in [0.25, 0.3) is 15.9 Å². The summed E-state index contributed by atoms with van der Waals surface area (Å²) in [7, 11) is -4.42. The van der Waals surface area contributed by atoms with Crippen LogP contribution in [-0.4, -0.2) is 44.5 Å². The van der Waals surface area contributed by atoms with Gasteiger partial charge in [-0.05, 0) is 50.1 Å². The van der Waals surface area contributed by atoms with E-state index in [-0.39, 0.29) is 17.0 Å². The smallest absolute Gasteiger partial charge is 0.335 e. The second kappa shape index (κ2) is 10.5. The maximum absolute atomic E-state index is 13.2. The molecule has 1 atom stereocenters. The van der Waals surface area contributed by atoms with Crippen LogP contribution in [0.25, 0.3) is 0 Å². The van der Waals surface area contributed by atoms with Crippen molar-refractivity contribution in [1.82, 2.24) is 10.0 Å². The minimum Gasteiger partial charge on any atom is -0.478 e. The molecule has 2 aromatic carbocycles. The molecule has 9 nitrogen and oxygen atoms in total. The van der Waals surface area contributed by atoms with E-state index in [4.69, 9.17) is 4.74 Å². The van der Waals surface area contributed by atoms with Crippen molar-refractivity contribution >= 4 is 27.6 Å². The molecule has 0 aromatic heterocycles. The van der Waals surface area contributed by atoms with Crippen molar-refractivity contribution in [1.29, 1.82) is 0 Å². The molecule has 0 bridgehead atoms. The molecular weight excluding hydrogens is 434 g/mol. The number of hydrogen-bond acceptors (Lipinski definition) is 7. The van der Waals surface area contributed by atoms with Crippen LogP contribution < -0.4 is 20.1 Å². The quantitative estimate of drug-likeness (QED) is 0.397. The highest BCUT2D eigenvalue weighted by Crippen LogP contribution is 2.37. The van der Waals surface area contributed by atoms with Crippen molar-refractivity contribution < 1.29 is 27.9 Å². The Morgan fingerprint density at radius 3 is 2.59 bits per heavy atom. The second-order valence-corrected chi connectivity index (χ2v) is 9.12. The van der Waals surface area contributed by atoms with E-state index in [1.165, 1.54) is 6.07 Å². The number of carbonyl (C=O) groups excluding carboxylic acids is 1. The maximum Gasteiger partial charge on any atom is 0.335 e. The molecule has 1 aliphatic heterocycles. The lowest BCUT2D eigenvalue weighted by Gasteiger charge is -2.19. The third-order valence-electron chi connectivity index (χ3n) is 5.01. The lowest BCUT2D eigenvalue weighted by atomic mass is 10.1. The topological polar surface area (TPSA) is 134 Å². The van der Waals surface area contributed by atoms with Gasteiger partial charge in [-0.3, -0.25) is 4.79 Å². The predicted octanol–water partition coefficient (Wildman–Crippen LogP) is 2.95. The number of aromatic carboxylic acids is 1. The number of carboxylic acids is 1. The zero-order valence-corrected chi connectivity index (χ0v) is 18.6. The molecule has 32 heavy (non-hydrogen) atoms. The van der Waals surface area contributed by atoms with Crippen LogP contribution in [0.3, 0.4) is 0 Å². The number of carbonyl (C=O) groups is 2. The standard InChI is InChI=1S/C22H27N3O6S/c1-2-3-11-24-18-13-15(22(27)28)14-19(20(18)31-16-8-5-4-6-9-16)32(29,30)25-21(26)17-10-7-12-23-17/h4-6,8-9,13-14,17,23-24H,2-3,7,10-12H2,1H3,(H,25,26)(H,27,28)/t17-/m0/s1. The number of rotatable bonds is 10. The Morgan fingerprint density at radius 1 is 1.22 bits per heavy atom. The SMILES string of the molecule is CCCCNc1cc(C(=O)O)cc(S(=O)(=O)NC(=O)[C@@H]2CCCN2)c1Oc1ccccc1. The maximum atomic E-state index is 13.2. The van der Waals surface area contributed by atoms with Crippen molar-refractivity contribution in [2.75, 3.05) is 18.4 Å². The van der Waals surface area contributed by atoms with Gasteiger partial charge in [0.1, 0.15) is 10.6 Å². The molecule has 0 aliphatic carbocycles. The Bertz CT molecular complexity index is 1070. The number of amides is 1. The van der Waals surface area contributed by atoms with Gasteiger partial charge in [0.05, 0.1) is 17.3 Å². The first-order valence-corrected chi connectivity index (χ1v) is 12.0. The monoisotopic (exact) mass is 461 g/mol. The van der Waals surface area contributed by atoms with Gasteiger partial charge in [-0.2, -0.15) is 0 Å². The van der Waals surface area contributed by atoms with Crippen LogP contribution >= 0.6 is 0 Å². The van der Waals surface area contributed by atoms with E-state index in [9.17, 15) is 23.1 Å². The Kier molecular flexibility index (Phi) is 7.70. The highest BCUT2D eigenvalue weighted by atomic mass is 32.2. The summed E-state index contributed by atoms with van der Waals surface area (Å²) in [6, 6.07) is 10.3. The van der Waals surface area contributed by atoms with Gasteiger partial charge >= 0.3 is 5.97 Å². The summed E-state index contributed by atoms with van der Waals surface area (Å²) < 4.78 is 34.4. The van der Waals surface area contributed by atoms with Crippen LogP contribution in [0, 0.1) is 0 Å². The number of hydrogen-bond donors (Lipinski definition) is 4. The van der Waals surface area contributed by atoms with Crippen molar-refractivity contribution in [2.45, 2.75) is 43.5 Å². The molecular formula is C22H27N3O6S. The van der Waals surface area contributed by atoms with Crippen LogP contribution in [0.2, 0.25) is 0 Å². The largest absolute Gasteiger partial charge is 0.478 e. The molecule has 2 aromatic rings. The zero-order chi connectivity index (χ0) is 23.1. The predicted molar refractivity (Wildman–Crippen MR) is 120 cm³/mol. The zero-order valence-electron chi connectivity index (χ0n) is 17.8. The number of nitrogens with one attached hydrogen (secondary N) is 3. The number of sulfonamides is 1. The first-order valence-electron chi connectivity index (χ1n) is 10.5. The van der Waals surface area contributed by atoms with Crippen LogP contribution in [0.15, 0.2) is 47.4 Å². The van der Waals surface area contributed by atoms with E-state index in [2.05, 4.69) is 15.4 Å². The van der Waals surface area contributed by atoms with Gasteiger partial charge in [0, 0.05) is 6.54 Å². The summed E-state index contributed by atoms with van der Waals surface area (Å²) in [5.41, 5.74) is -0.0229. The minimum atomic E-state index is -4.42. The van der Waals surface area contributed by atoms with Gasteiger partial charge in [-0.25, -0.2) is 17.9 Å². The summed E-state index contributed by atoms with van der Waals surface area (Å²) in [4.78, 5) is 23.8. The van der Waals surface area contributed by atoms with Gasteiger partial charge in [-0.1, -0.05) is 31.5 Å². The van der Waals surface area contributed by atoms with Crippen molar-refractivity contribution in [3.8, 4) is 11.5 Å². The fourth-order valence-electron chi connectivity index (χ4n) is 3.33. The molecule has 0 radical (unpaired) electrons. The van der Waals surface area contributed by atoms with Crippen molar-refractivity contribution in [3.05, 3.63) is 48.0 Å². The summed E-state index contributed by atoms with van der Waals surface area (Å²) in [6.07, 6.45) is 2.96. The molecule has 3 rings (SSSR count). The second-order valence-electron chi connectivity index (χ2n) is 7.47. The van der Waals surface area contributed by atoms with Crippen molar-refractivity contribution in [3.63, 3.8) is 0 Å². The number of benzene rings is 2. The molecule has 1 aliphatic rings. The van der Waals surface area contributed by atoms with Gasteiger partial charge in [0.2, 0.25) is 0 Å². The number of para-hydroxylation sites is 1. The van der Waals surface area contributed by atoms with E-state index in [1.807, 2.05) is 6.92 Å². The first kappa shape index (κ1) is 23.6. The van der Waals surface area contributed by atoms with Crippen LogP contribution in [-0.2, 0) is 14.8 Å². The van der Waals surface area contributed by atoms with Gasteiger partial charge in [-0.15, -0.1) is 0 Å². The molecule has 0 saturated carbocycles. The summed E-state index contributed by atoms with van der Waals surface area (Å²) in [5, 5.41) is 15.6. The fourth-order valence-corrected chi connectivity index (χ4v) is 4.53. The fraction of sp³-hybridized carbons (Fsp3) is 0.364. The van der Waals surface area contributed by atoms with Crippen LogP contribution in [0.5, 0.6) is 11.5 Å². The lowest BCUT2D eigenvalue weighted by molar-refractivity contribution is -0.121. The Balaban J connectivity index is 2.07. The van der Waals surface area contributed by atoms with Gasteiger partial charge in [0.15, 0.2) is 5.75 Å². The first-order chi connectivity index (χ1) is 15.3. The molecule has 1 heterocycles. The number of carboxylic acid groups (broad SMARTS) is 1. The van der Waals surface area contributed by atoms with E-state index in [0.29, 0.717) is 25.3 Å². The average molecular weight is 462 g/mol. The highest BCUT2D eigenvalue weighted by Gasteiger charge is 2.31. The highest BCUT2D eigenvalue weighted by molar-refractivity contribution is 7.90. The average Bonchev–Trinajstić information content (AvgIpc) is 3.30. The third kappa shape index (κ3) is 5.77. The Labute approximate surface area is 187 Å².